The average molecular weight is 296 g/mol. The minimum Gasteiger partial charge on any atom is -0.245 e. The van der Waals surface area contributed by atoms with Crippen LogP contribution < -0.4 is 0 Å². The van der Waals surface area contributed by atoms with E-state index in [0.717, 1.165) is 23.0 Å². The molecule has 1 atom stereocenters. The third kappa shape index (κ3) is 1.52. The molecule has 0 radical (unpaired) electrons. The van der Waals surface area contributed by atoms with Crippen LogP contribution in [0.1, 0.15) is 12.8 Å². The first kappa shape index (κ1) is 10.9. The van der Waals surface area contributed by atoms with Crippen molar-refractivity contribution in [2.24, 2.45) is 5.92 Å². The van der Waals surface area contributed by atoms with Gasteiger partial charge in [0, 0.05) is 4.48 Å². The predicted octanol–water partition coefficient (Wildman–Crippen LogP) is 1.66. The largest absolute Gasteiger partial charge is 0.500 e. The van der Waals surface area contributed by atoms with E-state index in [-0.39, 0.29) is 23.9 Å². The molecule has 1 saturated carbocycles. The Hall–Kier alpha value is -1.23. The lowest BCUT2D eigenvalue weighted by Crippen LogP contribution is -2.54. The number of hydrogen-bond acceptors (Lipinski definition) is 2. The molecule has 0 aromatic heterocycles. The molecule has 1 unspecified atom stereocenters. The van der Waals surface area contributed by atoms with Gasteiger partial charge in [-0.15, -0.1) is 0 Å². The van der Waals surface area contributed by atoms with E-state index >= 15 is 0 Å². The van der Waals surface area contributed by atoms with Crippen molar-refractivity contribution >= 4 is 33.6 Å². The molecular formula is C12H12BrN2O2+. The van der Waals surface area contributed by atoms with Crippen molar-refractivity contribution in [3.63, 3.8) is 0 Å². The van der Waals surface area contributed by atoms with Crippen LogP contribution in [0.3, 0.4) is 0 Å². The van der Waals surface area contributed by atoms with Crippen LogP contribution in [0.4, 0.5) is 4.79 Å². The van der Waals surface area contributed by atoms with Crippen LogP contribution in [0, 0.1) is 5.92 Å². The topological polar surface area (TPSA) is 40.4 Å². The standard InChI is InChI=1S/C12H12BrN2O2/c1-14-9-4-2-3-8(13)10(9)11(16)15(12(14)17)7-5-6-7/h2-4,7,10H,5-6H2,1H3/q+1. The summed E-state index contributed by atoms with van der Waals surface area (Å²) in [4.78, 5) is 25.9. The van der Waals surface area contributed by atoms with E-state index in [4.69, 9.17) is 0 Å². The number of hydrogen-bond donors (Lipinski definition) is 0. The summed E-state index contributed by atoms with van der Waals surface area (Å²) in [6, 6.07) is -0.0826. The Labute approximate surface area is 107 Å². The van der Waals surface area contributed by atoms with Crippen LogP contribution in [0.15, 0.2) is 22.7 Å². The molecule has 1 fully saturated rings. The monoisotopic (exact) mass is 295 g/mol. The number of carbonyl (C=O) groups is 2. The third-order valence-electron chi connectivity index (χ3n) is 3.37. The fraction of sp³-hybridized carbons (Fsp3) is 0.417. The number of carbonyl (C=O) groups excluding carboxylic acids is 2. The van der Waals surface area contributed by atoms with Crippen LogP contribution in [-0.4, -0.2) is 40.2 Å². The molecule has 0 spiro atoms. The molecule has 1 aliphatic heterocycles. The summed E-state index contributed by atoms with van der Waals surface area (Å²) in [6.07, 6.45) is 7.41. The van der Waals surface area contributed by atoms with Gasteiger partial charge in [0.1, 0.15) is 11.8 Å². The summed E-state index contributed by atoms with van der Waals surface area (Å²) < 4.78 is 2.40. The molecule has 2 aliphatic carbocycles. The van der Waals surface area contributed by atoms with Gasteiger partial charge in [-0.05, 0) is 18.9 Å². The van der Waals surface area contributed by atoms with Gasteiger partial charge in [0.05, 0.1) is 7.05 Å². The highest BCUT2D eigenvalue weighted by molar-refractivity contribution is 9.11. The number of allylic oxidation sites excluding steroid dienone is 3. The lowest BCUT2D eigenvalue weighted by Gasteiger charge is -2.26. The first-order chi connectivity index (χ1) is 8.11. The van der Waals surface area contributed by atoms with Crippen LogP contribution in [0.5, 0.6) is 0 Å². The molecule has 0 bridgehead atoms. The summed E-state index contributed by atoms with van der Waals surface area (Å²) in [5.41, 5.74) is 0.756. The number of fused-ring (bicyclic) bond motifs is 1. The summed E-state index contributed by atoms with van der Waals surface area (Å²) in [5.74, 6) is -0.443. The molecule has 4 nitrogen and oxygen atoms in total. The van der Waals surface area contributed by atoms with Crippen LogP contribution in [0.25, 0.3) is 0 Å². The Balaban J connectivity index is 2.11. The Morgan fingerprint density at radius 3 is 2.76 bits per heavy atom. The number of rotatable bonds is 1. The number of amides is 3. The second-order valence-corrected chi connectivity index (χ2v) is 5.47. The summed E-state index contributed by atoms with van der Waals surface area (Å²) in [5, 5.41) is 0. The van der Waals surface area contributed by atoms with E-state index in [2.05, 4.69) is 15.9 Å². The molecular weight excluding hydrogens is 284 g/mol. The zero-order chi connectivity index (χ0) is 12.2. The molecule has 0 N–H and O–H groups in total. The van der Waals surface area contributed by atoms with E-state index in [1.54, 1.807) is 11.6 Å². The maximum Gasteiger partial charge on any atom is 0.500 e. The van der Waals surface area contributed by atoms with Gasteiger partial charge in [-0.2, -0.15) is 14.3 Å². The summed E-state index contributed by atoms with van der Waals surface area (Å²) in [7, 11) is 1.72. The van der Waals surface area contributed by atoms with Crippen molar-refractivity contribution in [1.82, 2.24) is 4.90 Å². The maximum absolute atomic E-state index is 12.4. The second kappa shape index (κ2) is 3.63. The van der Waals surface area contributed by atoms with Crippen LogP contribution in [-0.2, 0) is 4.79 Å². The zero-order valence-electron chi connectivity index (χ0n) is 9.39. The lowest BCUT2D eigenvalue weighted by atomic mass is 9.94. The van der Waals surface area contributed by atoms with Crippen molar-refractivity contribution in [3.8, 4) is 0 Å². The quantitative estimate of drug-likeness (QED) is 0.690. The Kier molecular flexibility index (Phi) is 2.33. The average Bonchev–Trinajstić information content (AvgIpc) is 3.10. The van der Waals surface area contributed by atoms with E-state index in [1.807, 2.05) is 18.2 Å². The molecule has 3 aliphatic rings. The maximum atomic E-state index is 12.4. The molecule has 0 aromatic carbocycles. The predicted molar refractivity (Wildman–Crippen MR) is 66.1 cm³/mol. The Morgan fingerprint density at radius 1 is 1.41 bits per heavy atom. The van der Waals surface area contributed by atoms with Crippen molar-refractivity contribution in [1.29, 1.82) is 0 Å². The molecule has 88 valence electrons. The van der Waals surface area contributed by atoms with E-state index < -0.39 is 0 Å². The molecule has 1 heterocycles. The molecule has 5 heteroatoms. The van der Waals surface area contributed by atoms with E-state index in [1.165, 1.54) is 4.90 Å². The fourth-order valence-corrected chi connectivity index (χ4v) is 2.88. The SMILES string of the molecule is C[N+]1=C2C=CC=C(Br)C2C(=O)N(C2CC2)C1=O. The number of urea groups is 1. The van der Waals surface area contributed by atoms with Gasteiger partial charge in [0.2, 0.25) is 0 Å². The van der Waals surface area contributed by atoms with E-state index in [9.17, 15) is 9.59 Å². The van der Waals surface area contributed by atoms with Crippen molar-refractivity contribution in [2.45, 2.75) is 18.9 Å². The molecule has 3 rings (SSSR count). The van der Waals surface area contributed by atoms with Crippen molar-refractivity contribution < 1.29 is 14.2 Å². The minimum absolute atomic E-state index is 0.0990. The normalized spacial score (nSPS) is 28.5. The smallest absolute Gasteiger partial charge is 0.245 e. The third-order valence-corrected chi connectivity index (χ3v) is 4.09. The first-order valence-corrected chi connectivity index (χ1v) is 6.42. The summed E-state index contributed by atoms with van der Waals surface area (Å²) in [6.45, 7) is 0. The molecule has 3 amide bonds. The van der Waals surface area contributed by atoms with Gasteiger partial charge in [0.25, 0.3) is 0 Å². The number of imide groups is 1. The van der Waals surface area contributed by atoms with E-state index in [0.29, 0.717) is 0 Å². The number of halogens is 1. The molecule has 0 saturated heterocycles. The molecule has 17 heavy (non-hydrogen) atoms. The zero-order valence-corrected chi connectivity index (χ0v) is 11.0. The van der Waals surface area contributed by atoms with Crippen molar-refractivity contribution in [3.05, 3.63) is 22.7 Å². The van der Waals surface area contributed by atoms with Gasteiger partial charge in [-0.3, -0.25) is 0 Å². The molecule has 0 aromatic rings. The lowest BCUT2D eigenvalue weighted by molar-refractivity contribution is -0.406. The first-order valence-electron chi connectivity index (χ1n) is 5.62. The highest BCUT2D eigenvalue weighted by Crippen LogP contribution is 2.35. The Morgan fingerprint density at radius 2 is 2.12 bits per heavy atom. The highest BCUT2D eigenvalue weighted by atomic mass is 79.9. The van der Waals surface area contributed by atoms with Crippen LogP contribution in [0.2, 0.25) is 0 Å². The Bertz CT molecular complexity index is 515. The highest BCUT2D eigenvalue weighted by Gasteiger charge is 2.53. The van der Waals surface area contributed by atoms with Gasteiger partial charge in [-0.1, -0.05) is 28.1 Å². The van der Waals surface area contributed by atoms with Gasteiger partial charge in [-0.25, -0.2) is 4.79 Å². The summed E-state index contributed by atoms with van der Waals surface area (Å²) >= 11 is 3.42. The van der Waals surface area contributed by atoms with Crippen molar-refractivity contribution in [2.75, 3.05) is 7.05 Å². The van der Waals surface area contributed by atoms with Crippen LogP contribution >= 0.6 is 15.9 Å². The fourth-order valence-electron chi connectivity index (χ4n) is 2.30. The van der Waals surface area contributed by atoms with Gasteiger partial charge >= 0.3 is 11.9 Å². The van der Waals surface area contributed by atoms with Gasteiger partial charge in [0.15, 0.2) is 5.92 Å². The second-order valence-electron chi connectivity index (χ2n) is 4.55. The van der Waals surface area contributed by atoms with Gasteiger partial charge < -0.3 is 0 Å². The number of nitrogens with zero attached hydrogens (tertiary/aromatic N) is 2. The minimum atomic E-state index is -0.344.